The second-order valence-electron chi connectivity index (χ2n) is 8.52. The number of amides is 1. The minimum atomic E-state index is -1.01. The van der Waals surface area contributed by atoms with Gasteiger partial charge in [-0.25, -0.2) is 9.37 Å². The molecule has 0 aromatic carbocycles. The van der Waals surface area contributed by atoms with Gasteiger partial charge in [0.05, 0.1) is 30.6 Å². The number of aliphatic hydroxyl groups excluding tert-OH is 1. The van der Waals surface area contributed by atoms with Gasteiger partial charge in [-0.3, -0.25) is 4.79 Å². The van der Waals surface area contributed by atoms with Crippen molar-refractivity contribution in [1.82, 2.24) is 24.8 Å². The highest BCUT2D eigenvalue weighted by Gasteiger charge is 2.33. The lowest BCUT2D eigenvalue weighted by molar-refractivity contribution is -0.0257. The molecule has 1 saturated heterocycles. The number of aliphatic hydroxyl groups is 1. The predicted molar refractivity (Wildman–Crippen MR) is 120 cm³/mol. The quantitative estimate of drug-likeness (QED) is 0.517. The number of carbonyl (C=O) groups excluding carboxylic acids is 1. The highest BCUT2D eigenvalue weighted by molar-refractivity contribution is 6.00. The van der Waals surface area contributed by atoms with Crippen LogP contribution < -0.4 is 16.0 Å². The Labute approximate surface area is 190 Å². The van der Waals surface area contributed by atoms with Crippen molar-refractivity contribution >= 4 is 23.2 Å². The minimum absolute atomic E-state index is 0.0924. The van der Waals surface area contributed by atoms with E-state index in [1.807, 2.05) is 17.2 Å². The summed E-state index contributed by atoms with van der Waals surface area (Å²) in [4.78, 5) is 19.2. The zero-order valence-electron chi connectivity index (χ0n) is 18.4. The Hall–Kier alpha value is -3.18. The smallest absolute Gasteiger partial charge is 0.257 e. The van der Waals surface area contributed by atoms with E-state index in [1.54, 1.807) is 19.2 Å². The van der Waals surface area contributed by atoms with Gasteiger partial charge in [0, 0.05) is 25.9 Å². The first-order valence-corrected chi connectivity index (χ1v) is 11.3. The van der Waals surface area contributed by atoms with Gasteiger partial charge in [0.15, 0.2) is 11.9 Å². The monoisotopic (exact) mass is 457 g/mol. The molecule has 2 aromatic heterocycles. The van der Waals surface area contributed by atoms with E-state index in [-0.39, 0.29) is 11.6 Å². The average molecular weight is 458 g/mol. The number of nitrogens with zero attached hydrogens (tertiary/aromatic N) is 4. The van der Waals surface area contributed by atoms with Gasteiger partial charge in [-0.05, 0) is 37.8 Å². The lowest BCUT2D eigenvalue weighted by Gasteiger charge is -2.39. The van der Waals surface area contributed by atoms with E-state index in [9.17, 15) is 14.3 Å². The van der Waals surface area contributed by atoms with E-state index in [1.165, 1.54) is 10.7 Å². The summed E-state index contributed by atoms with van der Waals surface area (Å²) in [7, 11) is 1.74. The Balaban J connectivity index is 1.39. The third-order valence-corrected chi connectivity index (χ3v) is 6.40. The maximum atomic E-state index is 13.6. The van der Waals surface area contributed by atoms with Crippen molar-refractivity contribution in [1.29, 1.82) is 0 Å². The summed E-state index contributed by atoms with van der Waals surface area (Å²) in [5.41, 5.74) is 1.14. The fourth-order valence-corrected chi connectivity index (χ4v) is 4.34. The van der Waals surface area contributed by atoms with Crippen LogP contribution in [0.1, 0.15) is 36.0 Å². The normalized spacial score (nSPS) is 27.1. The maximum absolute atomic E-state index is 13.6. The number of rotatable bonds is 6. The Morgan fingerprint density at radius 2 is 2.21 bits per heavy atom. The fraction of sp³-hybridized carbons (Fsp3) is 0.500. The number of halogens is 1. The molecule has 3 aliphatic rings. The van der Waals surface area contributed by atoms with Crippen LogP contribution in [0.3, 0.4) is 0 Å². The molecule has 33 heavy (non-hydrogen) atoms. The first-order valence-electron chi connectivity index (χ1n) is 11.3. The van der Waals surface area contributed by atoms with Crippen LogP contribution in [0.15, 0.2) is 36.3 Å². The average Bonchev–Trinajstić information content (AvgIpc) is 3.27. The minimum Gasteiger partial charge on any atom is -0.379 e. The van der Waals surface area contributed by atoms with Gasteiger partial charge < -0.3 is 30.7 Å². The van der Waals surface area contributed by atoms with E-state index < -0.39 is 24.3 Å². The second-order valence-corrected chi connectivity index (χ2v) is 8.52. The zero-order valence-corrected chi connectivity index (χ0v) is 18.4. The van der Waals surface area contributed by atoms with Gasteiger partial charge in [0.1, 0.15) is 23.4 Å². The maximum Gasteiger partial charge on any atom is 0.257 e. The number of fused-ring (bicyclic) bond motifs is 1. The molecule has 2 unspecified atom stereocenters. The van der Waals surface area contributed by atoms with E-state index in [0.29, 0.717) is 42.4 Å². The highest BCUT2D eigenvalue weighted by atomic mass is 19.1. The topological polar surface area (TPSA) is 116 Å². The summed E-state index contributed by atoms with van der Waals surface area (Å²) in [6.45, 7) is 1.31. The number of alkyl halides is 1. The van der Waals surface area contributed by atoms with Crippen LogP contribution in [0.2, 0.25) is 0 Å². The Morgan fingerprint density at radius 1 is 1.33 bits per heavy atom. The molecule has 2 aromatic rings. The van der Waals surface area contributed by atoms with Gasteiger partial charge >= 0.3 is 0 Å². The van der Waals surface area contributed by atoms with Crippen LogP contribution in [0, 0.1) is 0 Å². The van der Waals surface area contributed by atoms with Crippen LogP contribution in [0.4, 0.5) is 16.0 Å². The van der Waals surface area contributed by atoms with Gasteiger partial charge in [-0.1, -0.05) is 0 Å². The molecule has 2 fully saturated rings. The molecule has 4 N–H and O–H groups in total. The predicted octanol–water partition coefficient (Wildman–Crippen LogP) is 1.62. The molecule has 176 valence electrons. The fourth-order valence-electron chi connectivity index (χ4n) is 4.34. The SMILES string of the molecule is CNc1cc(NC2=CC=CN([C@H]3CCCOC3)C2O)nc2c(C(=O)NC3CC[C@@H]3F)cnn12. The molecule has 1 amide bonds. The summed E-state index contributed by atoms with van der Waals surface area (Å²) < 4.78 is 20.7. The molecule has 2 aliphatic heterocycles. The van der Waals surface area contributed by atoms with E-state index in [2.05, 4.69) is 26.0 Å². The van der Waals surface area contributed by atoms with E-state index in [0.717, 1.165) is 19.4 Å². The molecule has 4 atom stereocenters. The number of hydrogen-bond donors (Lipinski definition) is 4. The van der Waals surface area contributed by atoms with Crippen molar-refractivity contribution in [2.45, 2.75) is 50.2 Å². The Morgan fingerprint density at radius 3 is 2.91 bits per heavy atom. The number of nitrogens with one attached hydrogen (secondary N) is 3. The molecular formula is C22H28FN7O3. The van der Waals surface area contributed by atoms with Gasteiger partial charge in [-0.2, -0.15) is 9.61 Å². The van der Waals surface area contributed by atoms with Gasteiger partial charge in [0.2, 0.25) is 0 Å². The first-order chi connectivity index (χ1) is 16.0. The second kappa shape index (κ2) is 8.99. The summed E-state index contributed by atoms with van der Waals surface area (Å²) in [5, 5.41) is 24.2. The van der Waals surface area contributed by atoms with Crippen LogP contribution in [0.25, 0.3) is 5.65 Å². The first kappa shape index (κ1) is 21.7. The molecular weight excluding hydrogens is 429 g/mol. The number of hydrogen-bond acceptors (Lipinski definition) is 8. The molecule has 1 aliphatic carbocycles. The van der Waals surface area contributed by atoms with Crippen molar-refractivity contribution in [2.75, 3.05) is 30.9 Å². The number of anilines is 2. The number of allylic oxidation sites excluding steroid dienone is 2. The van der Waals surface area contributed by atoms with Crippen molar-refractivity contribution < 1.29 is 19.0 Å². The highest BCUT2D eigenvalue weighted by Crippen LogP contribution is 2.26. The van der Waals surface area contributed by atoms with E-state index in [4.69, 9.17) is 4.74 Å². The molecule has 5 rings (SSSR count). The lowest BCUT2D eigenvalue weighted by atomic mass is 9.90. The van der Waals surface area contributed by atoms with Crippen LogP contribution >= 0.6 is 0 Å². The Kier molecular flexibility index (Phi) is 5.90. The van der Waals surface area contributed by atoms with Crippen LogP contribution in [-0.2, 0) is 4.74 Å². The lowest BCUT2D eigenvalue weighted by Crippen LogP contribution is -2.48. The molecule has 0 spiro atoms. The van der Waals surface area contributed by atoms with E-state index >= 15 is 0 Å². The summed E-state index contributed by atoms with van der Waals surface area (Å²) >= 11 is 0. The molecule has 0 bridgehead atoms. The number of carbonyl (C=O) groups is 1. The van der Waals surface area contributed by atoms with Crippen molar-refractivity contribution in [3.05, 3.63) is 41.9 Å². The molecule has 0 radical (unpaired) electrons. The standard InChI is InChI=1S/C22H28FN7O3/c1-24-19-10-18(26-17-5-2-8-29(22(17)32)13-4-3-9-33-12-13)28-20-14(11-25-30(19)20)21(31)27-16-7-6-15(16)23/h2,5,8,10-11,13,15-16,22,24,32H,3-4,6-7,9,12H2,1H3,(H,26,28)(H,27,31)/t13-,15-,16?,22?/m0/s1. The number of ether oxygens (including phenoxy) is 1. The van der Waals surface area contributed by atoms with Crippen molar-refractivity contribution in [2.24, 2.45) is 0 Å². The van der Waals surface area contributed by atoms with Gasteiger partial charge in [-0.15, -0.1) is 0 Å². The van der Waals surface area contributed by atoms with Crippen molar-refractivity contribution in [3.63, 3.8) is 0 Å². The molecule has 10 nitrogen and oxygen atoms in total. The third-order valence-electron chi connectivity index (χ3n) is 6.40. The molecule has 4 heterocycles. The Bertz CT molecular complexity index is 1100. The van der Waals surface area contributed by atoms with Crippen molar-refractivity contribution in [3.8, 4) is 0 Å². The zero-order chi connectivity index (χ0) is 22.9. The number of aromatic nitrogens is 3. The van der Waals surface area contributed by atoms with Crippen LogP contribution in [0.5, 0.6) is 0 Å². The summed E-state index contributed by atoms with van der Waals surface area (Å²) in [6.07, 6.45) is 8.03. The largest absolute Gasteiger partial charge is 0.379 e. The molecule has 1 saturated carbocycles. The van der Waals surface area contributed by atoms with Gasteiger partial charge in [0.25, 0.3) is 5.91 Å². The summed E-state index contributed by atoms with van der Waals surface area (Å²) in [6, 6.07) is 1.36. The van der Waals surface area contributed by atoms with Crippen LogP contribution in [-0.4, -0.2) is 75.3 Å². The summed E-state index contributed by atoms with van der Waals surface area (Å²) in [5.74, 6) is 0.633. The third kappa shape index (κ3) is 4.13. The molecule has 11 heteroatoms.